The number of rotatable bonds is 22. The number of benzene rings is 4. The standard InChI is InChI=1S/C24H31NO4.C24H31NO3/c1-4-7-8-11-16-29-24(28)20-13-10-9-12-19(20)23(27)21-15-14-18(17-22(21)26)25(5-2)6-3;1-4-7-8-10-13-18-16-17-20(24(27)28)21(22(18)25(5-2)6-3)23(26)19-14-11-9-12-15-19/h9-10,12-15,17,26H,4-8,11,16H2,1-3H3;9,11-12,14-17H,4-8,10,13H2,1-3H3,(H,27,28). The number of aryl methyl sites for hydroxylation is 1. The molecule has 0 aromatic heterocycles. The summed E-state index contributed by atoms with van der Waals surface area (Å²) in [5.74, 6) is -2.29. The van der Waals surface area contributed by atoms with Crippen molar-refractivity contribution >= 4 is 34.9 Å². The van der Waals surface area contributed by atoms with Crippen molar-refractivity contribution in [1.29, 1.82) is 0 Å². The van der Waals surface area contributed by atoms with Crippen molar-refractivity contribution in [2.24, 2.45) is 0 Å². The summed E-state index contributed by atoms with van der Waals surface area (Å²) in [4.78, 5) is 55.0. The molecule has 4 aromatic rings. The van der Waals surface area contributed by atoms with E-state index in [1.807, 2.05) is 45.9 Å². The van der Waals surface area contributed by atoms with Crippen LogP contribution in [0.25, 0.3) is 0 Å². The zero-order valence-corrected chi connectivity index (χ0v) is 34.8. The predicted octanol–water partition coefficient (Wildman–Crippen LogP) is 10.8. The van der Waals surface area contributed by atoms with Gasteiger partial charge in [-0.25, -0.2) is 9.59 Å². The lowest BCUT2D eigenvalue weighted by molar-refractivity contribution is 0.0494. The average Bonchev–Trinajstić information content (AvgIpc) is 3.23. The zero-order valence-electron chi connectivity index (χ0n) is 34.8. The van der Waals surface area contributed by atoms with Gasteiger partial charge in [0.15, 0.2) is 11.6 Å². The molecular formula is C48H62N2O7. The third-order valence-corrected chi connectivity index (χ3v) is 10.1. The van der Waals surface area contributed by atoms with Gasteiger partial charge in [0.05, 0.1) is 34.5 Å². The second-order valence-electron chi connectivity index (χ2n) is 13.9. The second-order valence-corrected chi connectivity index (χ2v) is 13.9. The molecular weight excluding hydrogens is 717 g/mol. The molecule has 0 fully saturated rings. The minimum absolute atomic E-state index is 0.0769. The molecule has 2 N–H and O–H groups in total. The molecule has 4 rings (SSSR count). The highest BCUT2D eigenvalue weighted by Crippen LogP contribution is 2.33. The SMILES string of the molecule is CCCCCCOC(=O)c1ccccc1C(=O)c1ccc(N(CC)CC)cc1O.CCCCCCc1ccc(C(=O)O)c(C(=O)c2ccccc2)c1N(CC)CC. The summed E-state index contributed by atoms with van der Waals surface area (Å²) in [7, 11) is 0. The summed E-state index contributed by atoms with van der Waals surface area (Å²) < 4.78 is 5.35. The van der Waals surface area contributed by atoms with Crippen molar-refractivity contribution < 1.29 is 34.1 Å². The highest BCUT2D eigenvalue weighted by Gasteiger charge is 2.27. The van der Waals surface area contributed by atoms with E-state index in [1.165, 1.54) is 12.8 Å². The van der Waals surface area contributed by atoms with Gasteiger partial charge in [0, 0.05) is 49.1 Å². The molecule has 0 amide bonds. The van der Waals surface area contributed by atoms with Gasteiger partial charge in [0.2, 0.25) is 0 Å². The first-order chi connectivity index (χ1) is 27.6. The second kappa shape index (κ2) is 24.3. The molecule has 0 atom stereocenters. The van der Waals surface area contributed by atoms with Gasteiger partial charge in [-0.1, -0.05) is 107 Å². The van der Waals surface area contributed by atoms with Crippen molar-refractivity contribution in [1.82, 2.24) is 0 Å². The molecule has 0 saturated heterocycles. The number of unbranched alkanes of at least 4 members (excludes halogenated alkanes) is 6. The van der Waals surface area contributed by atoms with Gasteiger partial charge in [-0.15, -0.1) is 0 Å². The molecule has 0 heterocycles. The molecule has 306 valence electrons. The molecule has 4 aromatic carbocycles. The van der Waals surface area contributed by atoms with E-state index >= 15 is 0 Å². The number of aromatic hydroxyl groups is 1. The smallest absolute Gasteiger partial charge is 0.338 e. The van der Waals surface area contributed by atoms with Gasteiger partial charge in [-0.05, 0) is 76.8 Å². The van der Waals surface area contributed by atoms with E-state index in [1.54, 1.807) is 66.7 Å². The highest BCUT2D eigenvalue weighted by molar-refractivity contribution is 6.18. The first kappa shape index (κ1) is 45.9. The molecule has 0 aliphatic rings. The normalized spacial score (nSPS) is 10.6. The third-order valence-electron chi connectivity index (χ3n) is 10.1. The first-order valence-electron chi connectivity index (χ1n) is 20.7. The molecule has 0 radical (unpaired) electrons. The highest BCUT2D eigenvalue weighted by atomic mass is 16.5. The minimum Gasteiger partial charge on any atom is -0.507 e. The Labute approximate surface area is 339 Å². The predicted molar refractivity (Wildman–Crippen MR) is 231 cm³/mol. The first-order valence-corrected chi connectivity index (χ1v) is 20.7. The Bertz CT molecular complexity index is 1900. The minimum atomic E-state index is -1.06. The quantitative estimate of drug-likeness (QED) is 0.0456. The Morgan fingerprint density at radius 1 is 0.579 bits per heavy atom. The number of aromatic carboxylic acids is 1. The number of carboxylic acid groups (broad SMARTS) is 1. The van der Waals surface area contributed by atoms with Crippen LogP contribution in [0.4, 0.5) is 11.4 Å². The maximum atomic E-state index is 13.4. The van der Waals surface area contributed by atoms with E-state index in [0.717, 1.165) is 88.1 Å². The molecule has 9 heteroatoms. The van der Waals surface area contributed by atoms with E-state index in [4.69, 9.17) is 4.74 Å². The van der Waals surface area contributed by atoms with E-state index < -0.39 is 17.7 Å². The molecule has 0 spiro atoms. The Balaban J connectivity index is 0.000000306. The number of carbonyl (C=O) groups excluding carboxylic acids is 3. The number of carboxylic acids is 1. The molecule has 0 aliphatic carbocycles. The molecule has 57 heavy (non-hydrogen) atoms. The number of carbonyl (C=O) groups is 4. The lowest BCUT2D eigenvalue weighted by atomic mass is 9.91. The van der Waals surface area contributed by atoms with Gasteiger partial charge < -0.3 is 24.7 Å². The van der Waals surface area contributed by atoms with Crippen LogP contribution in [0.1, 0.15) is 151 Å². The van der Waals surface area contributed by atoms with E-state index in [-0.39, 0.29) is 33.8 Å². The number of anilines is 2. The third kappa shape index (κ3) is 12.8. The average molecular weight is 779 g/mol. The summed E-state index contributed by atoms with van der Waals surface area (Å²) >= 11 is 0. The molecule has 9 nitrogen and oxygen atoms in total. The molecule has 0 unspecified atom stereocenters. The van der Waals surface area contributed by atoms with Crippen molar-refractivity contribution in [3.63, 3.8) is 0 Å². The maximum absolute atomic E-state index is 13.4. The summed E-state index contributed by atoms with van der Waals surface area (Å²) in [6.45, 7) is 15.8. The Kier molecular flexibility index (Phi) is 19.5. The van der Waals surface area contributed by atoms with Gasteiger partial charge >= 0.3 is 11.9 Å². The maximum Gasteiger partial charge on any atom is 0.338 e. The number of ketones is 2. The monoisotopic (exact) mass is 778 g/mol. The lowest BCUT2D eigenvalue weighted by Crippen LogP contribution is -2.27. The van der Waals surface area contributed by atoms with Crippen LogP contribution in [-0.4, -0.2) is 66.5 Å². The van der Waals surface area contributed by atoms with Crippen molar-refractivity contribution in [2.75, 3.05) is 42.6 Å². The van der Waals surface area contributed by atoms with Crippen LogP contribution >= 0.6 is 0 Å². The van der Waals surface area contributed by atoms with Crippen LogP contribution in [-0.2, 0) is 11.2 Å². The zero-order chi connectivity index (χ0) is 41.7. The number of phenolic OH excluding ortho intramolecular Hbond substituents is 1. The summed E-state index contributed by atoms with van der Waals surface area (Å²) in [6.07, 6.45) is 9.41. The van der Waals surface area contributed by atoms with Crippen molar-refractivity contribution in [3.8, 4) is 5.75 Å². The fraction of sp³-hybridized carbons (Fsp3) is 0.417. The summed E-state index contributed by atoms with van der Waals surface area (Å²) in [5, 5.41) is 20.2. The fourth-order valence-corrected chi connectivity index (χ4v) is 6.89. The van der Waals surface area contributed by atoms with Crippen LogP contribution < -0.4 is 9.80 Å². The van der Waals surface area contributed by atoms with Crippen LogP contribution in [0.15, 0.2) is 84.9 Å². The molecule has 0 aliphatic heterocycles. The van der Waals surface area contributed by atoms with Gasteiger partial charge in [-0.3, -0.25) is 9.59 Å². The fourth-order valence-electron chi connectivity index (χ4n) is 6.89. The summed E-state index contributed by atoms with van der Waals surface area (Å²) in [5.41, 5.74) is 4.23. The van der Waals surface area contributed by atoms with Crippen LogP contribution in [0.2, 0.25) is 0 Å². The number of hydrogen-bond acceptors (Lipinski definition) is 8. The Hall–Kier alpha value is -5.44. The van der Waals surface area contributed by atoms with E-state index in [0.29, 0.717) is 17.7 Å². The number of hydrogen-bond donors (Lipinski definition) is 2. The van der Waals surface area contributed by atoms with Crippen molar-refractivity contribution in [2.45, 2.75) is 99.3 Å². The van der Waals surface area contributed by atoms with Gasteiger partial charge in [-0.2, -0.15) is 0 Å². The van der Waals surface area contributed by atoms with Crippen LogP contribution in [0.5, 0.6) is 5.75 Å². The largest absolute Gasteiger partial charge is 0.507 e. The topological polar surface area (TPSA) is 124 Å². The number of phenols is 1. The Morgan fingerprint density at radius 3 is 1.74 bits per heavy atom. The van der Waals surface area contributed by atoms with Crippen molar-refractivity contribution in [3.05, 3.63) is 124 Å². The number of ether oxygens (including phenoxy) is 1. The summed E-state index contributed by atoms with van der Waals surface area (Å²) in [6, 6.07) is 24.0. The number of esters is 1. The van der Waals surface area contributed by atoms with E-state index in [9.17, 15) is 29.4 Å². The van der Waals surface area contributed by atoms with Crippen LogP contribution in [0, 0.1) is 0 Å². The number of nitrogens with zero attached hydrogens (tertiary/aromatic N) is 2. The van der Waals surface area contributed by atoms with Crippen LogP contribution in [0.3, 0.4) is 0 Å². The molecule has 0 bridgehead atoms. The van der Waals surface area contributed by atoms with Gasteiger partial charge in [0.25, 0.3) is 0 Å². The molecule has 0 saturated carbocycles. The lowest BCUT2D eigenvalue weighted by Gasteiger charge is -2.28. The van der Waals surface area contributed by atoms with E-state index in [2.05, 4.69) is 23.6 Å². The van der Waals surface area contributed by atoms with Gasteiger partial charge in [0.1, 0.15) is 5.75 Å². The Morgan fingerprint density at radius 2 is 1.16 bits per heavy atom.